The van der Waals surface area contributed by atoms with Crippen LogP contribution >= 0.6 is 0 Å². The summed E-state index contributed by atoms with van der Waals surface area (Å²) >= 11 is 0. The Morgan fingerprint density at radius 1 is 1.15 bits per heavy atom. The smallest absolute Gasteiger partial charge is 0.166 e. The third-order valence-electron chi connectivity index (χ3n) is 4.65. The van der Waals surface area contributed by atoms with E-state index in [1.165, 1.54) is 0 Å². The molecule has 2 fully saturated rings. The van der Waals surface area contributed by atoms with Gasteiger partial charge >= 0.3 is 0 Å². The third kappa shape index (κ3) is 2.03. The van der Waals surface area contributed by atoms with E-state index in [4.69, 9.17) is 0 Å². The Kier molecular flexibility index (Phi) is 3.28. The monoisotopic (exact) mass is 290 g/mol. The SMILES string of the molecule is C=Cc1ccccc1C(=O)C1CC2CCC(C1)S2(=O)=O. The lowest BCUT2D eigenvalue weighted by molar-refractivity contribution is 0.0905. The van der Waals surface area contributed by atoms with Crippen molar-refractivity contribution < 1.29 is 13.2 Å². The highest BCUT2D eigenvalue weighted by atomic mass is 32.2. The molecule has 2 aliphatic rings. The van der Waals surface area contributed by atoms with Gasteiger partial charge in [-0.3, -0.25) is 4.79 Å². The fraction of sp³-hybridized carbons (Fsp3) is 0.438. The molecule has 3 nitrogen and oxygen atoms in total. The Labute approximate surface area is 119 Å². The Bertz CT molecular complexity index is 640. The molecule has 1 aromatic rings. The van der Waals surface area contributed by atoms with E-state index in [0.29, 0.717) is 18.4 Å². The highest BCUT2D eigenvalue weighted by Crippen LogP contribution is 2.42. The van der Waals surface area contributed by atoms with Crippen LogP contribution in [-0.2, 0) is 9.84 Å². The predicted molar refractivity (Wildman–Crippen MR) is 79.3 cm³/mol. The predicted octanol–water partition coefficient (Wildman–Crippen LogP) is 2.87. The van der Waals surface area contributed by atoms with Gasteiger partial charge in [-0.15, -0.1) is 0 Å². The second kappa shape index (κ2) is 4.85. The maximum atomic E-state index is 12.7. The molecule has 2 bridgehead atoms. The van der Waals surface area contributed by atoms with Gasteiger partial charge in [0.25, 0.3) is 0 Å². The molecule has 106 valence electrons. The Morgan fingerprint density at radius 3 is 2.35 bits per heavy atom. The van der Waals surface area contributed by atoms with Crippen LogP contribution in [-0.4, -0.2) is 24.7 Å². The minimum absolute atomic E-state index is 0.0762. The molecule has 2 heterocycles. The molecule has 2 aliphatic heterocycles. The van der Waals surface area contributed by atoms with Gasteiger partial charge in [-0.05, 0) is 31.2 Å². The van der Waals surface area contributed by atoms with Crippen LogP contribution in [0.2, 0.25) is 0 Å². The van der Waals surface area contributed by atoms with Crippen molar-refractivity contribution in [2.45, 2.75) is 36.2 Å². The first-order chi connectivity index (χ1) is 9.54. The van der Waals surface area contributed by atoms with E-state index in [1.54, 1.807) is 6.08 Å². The van der Waals surface area contributed by atoms with Gasteiger partial charge < -0.3 is 0 Å². The van der Waals surface area contributed by atoms with Crippen LogP contribution in [0.25, 0.3) is 6.08 Å². The van der Waals surface area contributed by atoms with Gasteiger partial charge in [-0.1, -0.05) is 36.9 Å². The number of rotatable bonds is 3. The molecule has 3 rings (SSSR count). The van der Waals surface area contributed by atoms with Crippen molar-refractivity contribution in [3.8, 4) is 0 Å². The minimum atomic E-state index is -2.97. The largest absolute Gasteiger partial charge is 0.294 e. The zero-order valence-electron chi connectivity index (χ0n) is 11.3. The number of carbonyl (C=O) groups excluding carboxylic acids is 1. The fourth-order valence-electron chi connectivity index (χ4n) is 3.54. The summed E-state index contributed by atoms with van der Waals surface area (Å²) in [5.74, 6) is -0.0792. The van der Waals surface area contributed by atoms with Crippen LogP contribution in [0.3, 0.4) is 0 Å². The van der Waals surface area contributed by atoms with Crippen molar-refractivity contribution in [1.82, 2.24) is 0 Å². The highest BCUT2D eigenvalue weighted by molar-refractivity contribution is 7.93. The molecular formula is C16H18O3S. The molecule has 0 radical (unpaired) electrons. The van der Waals surface area contributed by atoms with Gasteiger partial charge in [0, 0.05) is 11.5 Å². The molecule has 1 aromatic carbocycles. The zero-order valence-corrected chi connectivity index (χ0v) is 12.1. The fourth-order valence-corrected chi connectivity index (χ4v) is 6.02. The zero-order chi connectivity index (χ0) is 14.3. The molecule has 0 amide bonds. The molecule has 4 heteroatoms. The number of sulfone groups is 1. The van der Waals surface area contributed by atoms with E-state index in [9.17, 15) is 13.2 Å². The van der Waals surface area contributed by atoms with Crippen molar-refractivity contribution in [1.29, 1.82) is 0 Å². The van der Waals surface area contributed by atoms with Crippen LogP contribution in [0.15, 0.2) is 30.8 Å². The summed E-state index contributed by atoms with van der Waals surface area (Å²) in [6.45, 7) is 3.74. The molecule has 2 saturated heterocycles. The maximum Gasteiger partial charge on any atom is 0.166 e. The van der Waals surface area contributed by atoms with Gasteiger partial charge in [0.15, 0.2) is 15.6 Å². The van der Waals surface area contributed by atoms with Gasteiger partial charge in [-0.25, -0.2) is 8.42 Å². The summed E-state index contributed by atoms with van der Waals surface area (Å²) in [7, 11) is -2.97. The number of ketones is 1. The van der Waals surface area contributed by atoms with Gasteiger partial charge in [0.05, 0.1) is 10.5 Å². The van der Waals surface area contributed by atoms with Gasteiger partial charge in [0.2, 0.25) is 0 Å². The number of hydrogen-bond donors (Lipinski definition) is 0. The van der Waals surface area contributed by atoms with Crippen molar-refractivity contribution in [3.05, 3.63) is 42.0 Å². The first-order valence-corrected chi connectivity index (χ1v) is 8.63. The molecule has 0 aromatic heterocycles. The lowest BCUT2D eigenvalue weighted by Gasteiger charge is -2.27. The average Bonchev–Trinajstić information content (AvgIpc) is 2.66. The highest BCUT2D eigenvalue weighted by Gasteiger charge is 2.48. The standard InChI is InChI=1S/C16H18O3S/c1-2-11-5-3-4-6-15(11)16(17)12-9-13-7-8-14(10-12)20(13,18)19/h2-6,12-14H,1,7-10H2. The number of fused-ring (bicyclic) bond motifs is 2. The van der Waals surface area contributed by atoms with Crippen molar-refractivity contribution >= 4 is 21.7 Å². The van der Waals surface area contributed by atoms with E-state index in [-0.39, 0.29) is 22.2 Å². The quantitative estimate of drug-likeness (QED) is 0.804. The van der Waals surface area contributed by atoms with E-state index in [2.05, 4.69) is 6.58 Å². The van der Waals surface area contributed by atoms with Crippen LogP contribution < -0.4 is 0 Å². The number of carbonyl (C=O) groups is 1. The van der Waals surface area contributed by atoms with Gasteiger partial charge in [-0.2, -0.15) is 0 Å². The van der Waals surface area contributed by atoms with Crippen molar-refractivity contribution in [3.63, 3.8) is 0 Å². The third-order valence-corrected chi connectivity index (χ3v) is 7.37. The van der Waals surface area contributed by atoms with E-state index < -0.39 is 9.84 Å². The van der Waals surface area contributed by atoms with E-state index >= 15 is 0 Å². The van der Waals surface area contributed by atoms with Crippen molar-refractivity contribution in [2.24, 2.45) is 5.92 Å². The summed E-state index contributed by atoms with van der Waals surface area (Å²) in [6, 6.07) is 7.40. The molecule has 20 heavy (non-hydrogen) atoms. The number of benzene rings is 1. The van der Waals surface area contributed by atoms with Crippen LogP contribution in [0.5, 0.6) is 0 Å². The second-order valence-corrected chi connectivity index (χ2v) is 8.25. The topological polar surface area (TPSA) is 51.2 Å². The summed E-state index contributed by atoms with van der Waals surface area (Å²) < 4.78 is 24.2. The Hall–Kier alpha value is -1.42. The van der Waals surface area contributed by atoms with Crippen molar-refractivity contribution in [2.75, 3.05) is 0 Å². The average molecular weight is 290 g/mol. The van der Waals surface area contributed by atoms with Gasteiger partial charge in [0.1, 0.15) is 0 Å². The molecule has 2 unspecified atom stereocenters. The lowest BCUT2D eigenvalue weighted by Crippen LogP contribution is -2.36. The van der Waals surface area contributed by atoms with Crippen LogP contribution in [0.1, 0.15) is 41.6 Å². The normalized spacial score (nSPS) is 30.9. The summed E-state index contributed by atoms with van der Waals surface area (Å²) in [5, 5.41) is -0.600. The maximum absolute atomic E-state index is 12.7. The van der Waals surface area contributed by atoms with E-state index in [1.807, 2.05) is 24.3 Å². The molecule has 0 saturated carbocycles. The number of Topliss-reactive ketones (excluding diaryl/α,β-unsaturated/α-hetero) is 1. The first-order valence-electron chi connectivity index (χ1n) is 7.02. The lowest BCUT2D eigenvalue weighted by atomic mass is 9.88. The molecule has 0 N–H and O–H groups in total. The molecule has 0 spiro atoms. The Morgan fingerprint density at radius 2 is 1.75 bits per heavy atom. The first kappa shape index (κ1) is 13.6. The van der Waals surface area contributed by atoms with Crippen LogP contribution in [0, 0.1) is 5.92 Å². The number of hydrogen-bond acceptors (Lipinski definition) is 3. The van der Waals surface area contributed by atoms with Crippen LogP contribution in [0.4, 0.5) is 0 Å². The summed E-state index contributed by atoms with van der Waals surface area (Å²) in [6.07, 6.45) is 4.10. The molecular weight excluding hydrogens is 272 g/mol. The minimum Gasteiger partial charge on any atom is -0.294 e. The molecule has 2 atom stereocenters. The summed E-state index contributed by atoms with van der Waals surface area (Å²) in [5.41, 5.74) is 1.50. The Balaban J connectivity index is 1.88. The summed E-state index contributed by atoms with van der Waals surface area (Å²) in [4.78, 5) is 12.7. The molecule has 0 aliphatic carbocycles. The van der Waals surface area contributed by atoms with E-state index in [0.717, 1.165) is 18.4 Å². The second-order valence-electron chi connectivity index (χ2n) is 5.73.